The van der Waals surface area contributed by atoms with Gasteiger partial charge in [-0.2, -0.15) is 0 Å². The van der Waals surface area contributed by atoms with Crippen molar-refractivity contribution in [2.24, 2.45) is 5.92 Å². The van der Waals surface area contributed by atoms with Gasteiger partial charge < -0.3 is 9.73 Å². The van der Waals surface area contributed by atoms with Gasteiger partial charge in [-0.05, 0) is 36.6 Å². The maximum absolute atomic E-state index is 5.47. The zero-order valence-electron chi connectivity index (χ0n) is 11.8. The maximum Gasteiger partial charge on any atom is 0.104 e. The van der Waals surface area contributed by atoms with Crippen molar-refractivity contribution >= 4 is 0 Å². The molecule has 0 amide bonds. The number of furan rings is 1. The number of hydrogen-bond donors (Lipinski definition) is 1. The SMILES string of the molecule is CCCNC(c1ccccc1)C(C)Cc1ccco1. The van der Waals surface area contributed by atoms with Crippen LogP contribution < -0.4 is 5.32 Å². The lowest BCUT2D eigenvalue weighted by Crippen LogP contribution is -2.28. The van der Waals surface area contributed by atoms with Gasteiger partial charge in [0.2, 0.25) is 0 Å². The number of benzene rings is 1. The quantitative estimate of drug-likeness (QED) is 0.804. The third-order valence-electron chi connectivity index (χ3n) is 3.45. The molecule has 1 aromatic heterocycles. The summed E-state index contributed by atoms with van der Waals surface area (Å²) in [6.07, 6.45) is 3.86. The Morgan fingerprint density at radius 1 is 1.11 bits per heavy atom. The van der Waals surface area contributed by atoms with Crippen LogP contribution in [0.4, 0.5) is 0 Å². The average molecular weight is 257 g/mol. The molecule has 0 aliphatic carbocycles. The van der Waals surface area contributed by atoms with Crippen LogP contribution >= 0.6 is 0 Å². The summed E-state index contributed by atoms with van der Waals surface area (Å²) in [6.45, 7) is 5.52. The second-order valence-corrected chi connectivity index (χ2v) is 5.10. The second kappa shape index (κ2) is 7.15. The van der Waals surface area contributed by atoms with Gasteiger partial charge in [-0.3, -0.25) is 0 Å². The molecule has 1 heterocycles. The van der Waals surface area contributed by atoms with E-state index in [9.17, 15) is 0 Å². The first-order valence-corrected chi connectivity index (χ1v) is 7.12. The van der Waals surface area contributed by atoms with Crippen LogP contribution in [0.25, 0.3) is 0 Å². The van der Waals surface area contributed by atoms with E-state index in [-0.39, 0.29) is 0 Å². The highest BCUT2D eigenvalue weighted by atomic mass is 16.3. The molecule has 2 unspecified atom stereocenters. The molecule has 2 nitrogen and oxygen atoms in total. The fraction of sp³-hybridized carbons (Fsp3) is 0.412. The monoisotopic (exact) mass is 257 g/mol. The summed E-state index contributed by atoms with van der Waals surface area (Å²) in [5.41, 5.74) is 1.36. The molecule has 0 aliphatic rings. The van der Waals surface area contributed by atoms with Gasteiger partial charge in [-0.1, -0.05) is 44.2 Å². The zero-order valence-corrected chi connectivity index (χ0v) is 11.8. The van der Waals surface area contributed by atoms with Gasteiger partial charge in [-0.25, -0.2) is 0 Å². The van der Waals surface area contributed by atoms with Crippen LogP contribution in [0.3, 0.4) is 0 Å². The molecule has 0 radical (unpaired) electrons. The van der Waals surface area contributed by atoms with E-state index in [1.54, 1.807) is 6.26 Å². The van der Waals surface area contributed by atoms with Crippen LogP contribution in [0.15, 0.2) is 53.1 Å². The van der Waals surface area contributed by atoms with E-state index in [0.717, 1.165) is 25.1 Å². The smallest absolute Gasteiger partial charge is 0.104 e. The molecule has 2 aromatic rings. The molecule has 1 N–H and O–H groups in total. The van der Waals surface area contributed by atoms with E-state index in [4.69, 9.17) is 4.42 Å². The summed E-state index contributed by atoms with van der Waals surface area (Å²) in [5, 5.41) is 3.66. The first kappa shape index (κ1) is 13.9. The highest BCUT2D eigenvalue weighted by molar-refractivity contribution is 5.20. The predicted octanol–water partition coefficient (Wildman–Crippen LogP) is 4.20. The van der Waals surface area contributed by atoms with E-state index in [1.807, 2.05) is 6.07 Å². The van der Waals surface area contributed by atoms with Crippen LogP contribution in [-0.2, 0) is 6.42 Å². The van der Waals surface area contributed by atoms with Crippen LogP contribution in [0, 0.1) is 5.92 Å². The minimum absolute atomic E-state index is 0.381. The molecule has 2 rings (SSSR count). The molecule has 2 heteroatoms. The molecule has 0 bridgehead atoms. The maximum atomic E-state index is 5.47. The predicted molar refractivity (Wildman–Crippen MR) is 79.1 cm³/mol. The molecule has 19 heavy (non-hydrogen) atoms. The van der Waals surface area contributed by atoms with E-state index >= 15 is 0 Å². The van der Waals surface area contributed by atoms with Crippen molar-refractivity contribution in [3.63, 3.8) is 0 Å². The Labute approximate surface area is 115 Å². The Morgan fingerprint density at radius 2 is 1.89 bits per heavy atom. The fourth-order valence-corrected chi connectivity index (χ4v) is 2.47. The molecule has 0 aliphatic heterocycles. The van der Waals surface area contributed by atoms with Gasteiger partial charge in [0.1, 0.15) is 5.76 Å². The second-order valence-electron chi connectivity index (χ2n) is 5.10. The van der Waals surface area contributed by atoms with Gasteiger partial charge in [0.25, 0.3) is 0 Å². The van der Waals surface area contributed by atoms with Crippen molar-refractivity contribution in [3.8, 4) is 0 Å². The van der Waals surface area contributed by atoms with Gasteiger partial charge in [0.05, 0.1) is 6.26 Å². The van der Waals surface area contributed by atoms with Crippen molar-refractivity contribution in [1.29, 1.82) is 0 Å². The fourth-order valence-electron chi connectivity index (χ4n) is 2.47. The molecule has 2 atom stereocenters. The Bertz CT molecular complexity index is 449. The van der Waals surface area contributed by atoms with Crippen LogP contribution in [-0.4, -0.2) is 6.54 Å². The summed E-state index contributed by atoms with van der Waals surface area (Å²) in [4.78, 5) is 0. The number of nitrogens with one attached hydrogen (secondary N) is 1. The largest absolute Gasteiger partial charge is 0.469 e. The summed E-state index contributed by atoms with van der Waals surface area (Å²) in [5.74, 6) is 1.56. The van der Waals surface area contributed by atoms with Crippen molar-refractivity contribution in [3.05, 3.63) is 60.1 Å². The summed E-state index contributed by atoms with van der Waals surface area (Å²) >= 11 is 0. The minimum Gasteiger partial charge on any atom is -0.469 e. The summed E-state index contributed by atoms with van der Waals surface area (Å²) in [7, 11) is 0. The Morgan fingerprint density at radius 3 is 2.53 bits per heavy atom. The lowest BCUT2D eigenvalue weighted by molar-refractivity contribution is 0.358. The molecule has 0 fully saturated rings. The molecule has 0 spiro atoms. The third-order valence-corrected chi connectivity index (χ3v) is 3.45. The molecular weight excluding hydrogens is 234 g/mol. The van der Waals surface area contributed by atoms with Crippen molar-refractivity contribution in [2.45, 2.75) is 32.7 Å². The molecular formula is C17H23NO. The molecule has 0 saturated heterocycles. The van der Waals surface area contributed by atoms with Crippen LogP contribution in [0.1, 0.15) is 37.6 Å². The normalized spacial score (nSPS) is 14.2. The summed E-state index contributed by atoms with van der Waals surface area (Å²) in [6, 6.07) is 15.1. The van der Waals surface area contributed by atoms with Gasteiger partial charge in [0.15, 0.2) is 0 Å². The molecule has 102 valence electrons. The van der Waals surface area contributed by atoms with E-state index in [2.05, 4.69) is 55.6 Å². The average Bonchev–Trinajstić information content (AvgIpc) is 2.93. The van der Waals surface area contributed by atoms with Gasteiger partial charge in [0, 0.05) is 12.5 Å². The van der Waals surface area contributed by atoms with E-state index < -0.39 is 0 Å². The van der Waals surface area contributed by atoms with Crippen molar-refractivity contribution in [1.82, 2.24) is 5.32 Å². The zero-order chi connectivity index (χ0) is 13.5. The lowest BCUT2D eigenvalue weighted by atomic mass is 9.91. The first-order valence-electron chi connectivity index (χ1n) is 7.12. The Hall–Kier alpha value is -1.54. The van der Waals surface area contributed by atoms with Crippen LogP contribution in [0.5, 0.6) is 0 Å². The van der Waals surface area contributed by atoms with Crippen molar-refractivity contribution in [2.75, 3.05) is 6.54 Å². The third kappa shape index (κ3) is 3.97. The highest BCUT2D eigenvalue weighted by Gasteiger charge is 2.19. The number of hydrogen-bond acceptors (Lipinski definition) is 2. The number of rotatable bonds is 7. The molecule has 0 saturated carbocycles. The summed E-state index contributed by atoms with van der Waals surface area (Å²) < 4.78 is 5.47. The van der Waals surface area contributed by atoms with Crippen LogP contribution in [0.2, 0.25) is 0 Å². The molecule has 1 aromatic carbocycles. The first-order chi connectivity index (χ1) is 9.31. The van der Waals surface area contributed by atoms with Crippen molar-refractivity contribution < 1.29 is 4.42 Å². The Kier molecular flexibility index (Phi) is 5.22. The topological polar surface area (TPSA) is 25.2 Å². The standard InChI is InChI=1S/C17H23NO/c1-3-11-18-17(15-8-5-4-6-9-15)14(2)13-16-10-7-12-19-16/h4-10,12,14,17-18H,3,11,13H2,1-2H3. The van der Waals surface area contributed by atoms with E-state index in [1.165, 1.54) is 5.56 Å². The van der Waals surface area contributed by atoms with Gasteiger partial charge in [-0.15, -0.1) is 0 Å². The highest BCUT2D eigenvalue weighted by Crippen LogP contribution is 2.25. The lowest BCUT2D eigenvalue weighted by Gasteiger charge is -2.25. The van der Waals surface area contributed by atoms with E-state index in [0.29, 0.717) is 12.0 Å². The van der Waals surface area contributed by atoms with Gasteiger partial charge >= 0.3 is 0 Å². The minimum atomic E-state index is 0.381. The Balaban J connectivity index is 2.08.